The first kappa shape index (κ1) is 18.3. The fraction of sp³-hybridized carbons (Fsp3) is 0. The molecule has 0 amide bonds. The second-order valence-corrected chi connectivity index (χ2v) is 14.9. The summed E-state index contributed by atoms with van der Waals surface area (Å²) in [6.07, 6.45) is 0. The van der Waals surface area contributed by atoms with Gasteiger partial charge in [-0.1, -0.05) is 151 Å². The lowest BCUT2D eigenvalue weighted by atomic mass is 9.99. The van der Waals surface area contributed by atoms with E-state index in [0.717, 1.165) is 22.7 Å². The van der Waals surface area contributed by atoms with Gasteiger partial charge in [-0.3, -0.25) is 4.57 Å². The van der Waals surface area contributed by atoms with Crippen molar-refractivity contribution in [2.75, 3.05) is 0 Å². The van der Waals surface area contributed by atoms with E-state index < -0.39 is 120 Å². The zero-order valence-corrected chi connectivity index (χ0v) is 30.5. The molecule has 4 aromatic heterocycles. The van der Waals surface area contributed by atoms with E-state index in [1.807, 2.05) is 0 Å². The van der Waals surface area contributed by atoms with Gasteiger partial charge in [0, 0.05) is 67.8 Å². The van der Waals surface area contributed by atoms with Gasteiger partial charge in [0.05, 0.1) is 38.4 Å². The van der Waals surface area contributed by atoms with Gasteiger partial charge in [0.15, 0.2) is 11.6 Å². The van der Waals surface area contributed by atoms with Crippen molar-refractivity contribution in [1.29, 1.82) is 0 Å². The van der Waals surface area contributed by atoms with E-state index >= 15 is 0 Å². The molecule has 0 spiro atoms. The second-order valence-electron chi connectivity index (χ2n) is 12.8. The van der Waals surface area contributed by atoms with Crippen LogP contribution in [0, 0.1) is 0 Å². The van der Waals surface area contributed by atoms with Gasteiger partial charge in [-0.05, 0) is 46.9 Å². The van der Waals surface area contributed by atoms with Gasteiger partial charge < -0.3 is 0 Å². The van der Waals surface area contributed by atoms with Gasteiger partial charge in [0.25, 0.3) is 0 Å². The summed E-state index contributed by atoms with van der Waals surface area (Å²) in [6, 6.07) is 5.28. The molecule has 0 bridgehead atoms. The van der Waals surface area contributed by atoms with Gasteiger partial charge in [-0.25, -0.2) is 4.98 Å². The number of para-hydroxylation sites is 1. The van der Waals surface area contributed by atoms with Crippen LogP contribution in [-0.4, -0.2) is 19.5 Å². The van der Waals surface area contributed by atoms with Crippen molar-refractivity contribution < 1.29 is 27.4 Å². The number of fused-ring (bicyclic) bond motifs is 10. The first-order valence-corrected chi connectivity index (χ1v) is 19.0. The Morgan fingerprint density at radius 1 is 0.439 bits per heavy atom. The largest absolute Gasteiger partial charge is 0.277 e. The van der Waals surface area contributed by atoms with E-state index in [4.69, 9.17) is 32.8 Å². The Kier molecular flexibility index (Phi) is 4.10. The fourth-order valence-corrected chi connectivity index (χ4v) is 9.34. The van der Waals surface area contributed by atoms with E-state index in [0.29, 0.717) is 15.8 Å². The minimum atomic E-state index is -0.739. The van der Waals surface area contributed by atoms with Crippen molar-refractivity contribution in [2.45, 2.75) is 0 Å². The lowest BCUT2D eigenvalue weighted by molar-refractivity contribution is 0.955. The molecule has 0 fully saturated rings. The summed E-state index contributed by atoms with van der Waals surface area (Å²) in [6.45, 7) is 0. The molecule has 0 saturated heterocycles. The summed E-state index contributed by atoms with van der Waals surface area (Å²) in [4.78, 5) is 14.6. The number of benzene rings is 8. The second kappa shape index (κ2) is 12.8. The monoisotopic (exact) mass is 782 g/mol. The molecule has 0 atom stereocenters. The Balaban J connectivity index is 1.27. The number of rotatable bonds is 5. The van der Waals surface area contributed by atoms with Crippen molar-refractivity contribution in [2.24, 2.45) is 0 Å². The van der Waals surface area contributed by atoms with Crippen LogP contribution in [0.15, 0.2) is 182 Å². The van der Waals surface area contributed by atoms with Crippen LogP contribution in [0.3, 0.4) is 0 Å². The molecule has 4 heterocycles. The Hall–Kier alpha value is -6.99. The summed E-state index contributed by atoms with van der Waals surface area (Å²) < 4.78 is 183. The van der Waals surface area contributed by atoms with E-state index in [1.165, 1.54) is 4.57 Å². The molecule has 0 aliphatic carbocycles. The van der Waals surface area contributed by atoms with Crippen molar-refractivity contribution in [1.82, 2.24) is 19.5 Å². The maximum Gasteiger partial charge on any atom is 0.238 e. The van der Waals surface area contributed by atoms with E-state index in [1.54, 1.807) is 60.7 Å². The maximum absolute atomic E-state index is 10.1. The average Bonchev–Trinajstić information content (AvgIpc) is 4.33. The topological polar surface area (TPSA) is 43.6 Å². The third-order valence-corrected chi connectivity index (χ3v) is 11.8. The smallest absolute Gasteiger partial charge is 0.238 e. The standard InChI is InChI=1S/C51H30N4S2/c1-4-15-31(16-5-1)35-23-14-26-43-45(35)38-28-27-34(29-44(38)56-43)50-52-49(33-19-8-3-9-20-33)53-51(54-50)55-41-24-12-10-21-36(41)40-30-39(32-17-6-2-7-18-32)48-46(47(40)55)37-22-11-13-25-42(37)57-48/h1-30H/i1D,4D,5D,10D,11D,12D,13D,14D,15D,16D,21D,22D,23D,24D,25D,26D,27D,28D,29D,30D. The highest BCUT2D eigenvalue weighted by molar-refractivity contribution is 7.26. The number of hydrogen-bond acceptors (Lipinski definition) is 5. The minimum absolute atomic E-state index is 0.0226. The van der Waals surface area contributed by atoms with E-state index in [9.17, 15) is 9.60 Å². The van der Waals surface area contributed by atoms with E-state index in [2.05, 4.69) is 0 Å². The first-order valence-electron chi connectivity index (χ1n) is 27.4. The number of hydrogen-bond donors (Lipinski definition) is 0. The number of thiophene rings is 2. The molecule has 57 heavy (non-hydrogen) atoms. The molecular formula is C51H30N4S2. The molecule has 12 rings (SSSR count). The molecule has 6 heteroatoms. The summed E-state index contributed by atoms with van der Waals surface area (Å²) >= 11 is 1.75. The molecule has 0 aliphatic heterocycles. The summed E-state index contributed by atoms with van der Waals surface area (Å²) in [5.41, 5.74) is -0.348. The van der Waals surface area contributed by atoms with Crippen LogP contribution in [0.4, 0.5) is 0 Å². The van der Waals surface area contributed by atoms with Crippen LogP contribution >= 0.6 is 22.7 Å². The molecule has 12 aromatic rings. The molecular weight excluding hydrogens is 733 g/mol. The lowest BCUT2D eigenvalue weighted by Gasteiger charge is -2.12. The van der Waals surface area contributed by atoms with Crippen LogP contribution in [0.25, 0.3) is 113 Å². The third kappa shape index (κ3) is 5.08. The summed E-state index contributed by atoms with van der Waals surface area (Å²) in [7, 11) is 0. The van der Waals surface area contributed by atoms with E-state index in [-0.39, 0.29) is 98.0 Å². The Labute approximate surface area is 363 Å². The quantitative estimate of drug-likeness (QED) is 0.175. The van der Waals surface area contributed by atoms with Gasteiger partial charge in [0.2, 0.25) is 5.95 Å². The number of aromatic nitrogens is 4. The highest BCUT2D eigenvalue weighted by Gasteiger charge is 2.24. The van der Waals surface area contributed by atoms with Gasteiger partial charge in [-0.15, -0.1) is 22.7 Å². The van der Waals surface area contributed by atoms with Crippen LogP contribution in [0.2, 0.25) is 0 Å². The Morgan fingerprint density at radius 3 is 1.95 bits per heavy atom. The van der Waals surface area contributed by atoms with Crippen molar-refractivity contribution in [3.05, 3.63) is 182 Å². The van der Waals surface area contributed by atoms with Gasteiger partial charge in [0.1, 0.15) is 0 Å². The Bertz CT molecular complexity index is 4660. The van der Waals surface area contributed by atoms with Crippen LogP contribution in [-0.2, 0) is 0 Å². The SMILES string of the molecule is [2H]c1c([2H])c([2H])c(-c2c([2H])c([2H])c([2H])c3sc4c([2H])c(-c5nc(-c6ccccc6)nc(-n6c7c([2H])c([2H])c([2H])c([2H])c7c7c([2H])c(-c8ccccc8)c8sc9c([2H])c([2H])c([2H])c([2H])c9c8c76)n5)c([2H])c([2H])c4c23)c([2H])c1[2H]. The summed E-state index contributed by atoms with van der Waals surface area (Å²) in [5, 5.41) is -0.361. The van der Waals surface area contributed by atoms with Crippen molar-refractivity contribution >= 4 is 84.8 Å². The molecule has 0 aliphatic rings. The highest BCUT2D eigenvalue weighted by Crippen LogP contribution is 2.47. The first-order chi connectivity index (χ1) is 36.6. The van der Waals surface area contributed by atoms with Crippen LogP contribution in [0.5, 0.6) is 0 Å². The highest BCUT2D eigenvalue weighted by atomic mass is 32.1. The van der Waals surface area contributed by atoms with Gasteiger partial charge >= 0.3 is 0 Å². The maximum atomic E-state index is 10.1. The molecule has 0 saturated carbocycles. The molecule has 8 aromatic carbocycles. The van der Waals surface area contributed by atoms with Crippen LogP contribution in [0.1, 0.15) is 27.4 Å². The minimum Gasteiger partial charge on any atom is -0.277 e. The Morgan fingerprint density at radius 2 is 1.12 bits per heavy atom. The summed E-state index contributed by atoms with van der Waals surface area (Å²) in [5.74, 6) is -0.894. The molecule has 0 unspecified atom stereocenters. The predicted octanol–water partition coefficient (Wildman–Crippen LogP) is 14.4. The van der Waals surface area contributed by atoms with Crippen LogP contribution < -0.4 is 0 Å². The zero-order valence-electron chi connectivity index (χ0n) is 48.9. The van der Waals surface area contributed by atoms with Crippen molar-refractivity contribution in [3.8, 4) is 51.0 Å². The number of nitrogens with zero attached hydrogens (tertiary/aromatic N) is 4. The zero-order chi connectivity index (χ0) is 54.9. The normalized spacial score (nSPS) is 16.8. The van der Waals surface area contributed by atoms with Crippen molar-refractivity contribution in [3.63, 3.8) is 0 Å². The fourth-order valence-electron chi connectivity index (χ4n) is 7.18. The predicted molar refractivity (Wildman–Crippen MR) is 242 cm³/mol. The molecule has 4 nitrogen and oxygen atoms in total. The molecule has 0 radical (unpaired) electrons. The molecule has 266 valence electrons. The lowest BCUT2D eigenvalue weighted by Crippen LogP contribution is -2.06. The molecule has 0 N–H and O–H groups in total. The third-order valence-electron chi connectivity index (χ3n) is 9.61. The average molecular weight is 783 g/mol. The van der Waals surface area contributed by atoms with Gasteiger partial charge in [-0.2, -0.15) is 9.97 Å².